The van der Waals surface area contributed by atoms with Gasteiger partial charge in [-0.05, 0) is 29.7 Å². The summed E-state index contributed by atoms with van der Waals surface area (Å²) >= 11 is 11.9. The Labute approximate surface area is 101 Å². The fraction of sp³-hybridized carbons (Fsp3) is 0.500. The highest BCUT2D eigenvalue weighted by atomic mass is 35.5. The normalized spacial score (nSPS) is 15.0. The van der Waals surface area contributed by atoms with Crippen LogP contribution >= 0.6 is 23.2 Å². The van der Waals surface area contributed by atoms with Crippen LogP contribution in [0.1, 0.15) is 25.8 Å². The molecular weight excluding hydrogens is 231 g/mol. The van der Waals surface area contributed by atoms with Crippen molar-refractivity contribution in [3.63, 3.8) is 0 Å². The van der Waals surface area contributed by atoms with E-state index in [0.717, 1.165) is 12.0 Å². The average Bonchev–Trinajstić information content (AvgIpc) is 2.22. The van der Waals surface area contributed by atoms with Crippen molar-refractivity contribution in [1.29, 1.82) is 0 Å². The highest BCUT2D eigenvalue weighted by Crippen LogP contribution is 2.23. The third kappa shape index (κ3) is 3.67. The van der Waals surface area contributed by atoms with Gasteiger partial charge in [0.05, 0.1) is 6.10 Å². The first-order chi connectivity index (χ1) is 7.04. The highest BCUT2D eigenvalue weighted by Gasteiger charge is 2.14. The van der Waals surface area contributed by atoms with Crippen LogP contribution in [0.15, 0.2) is 18.2 Å². The first kappa shape index (κ1) is 12.8. The number of hydrogen-bond acceptors (Lipinski definition) is 1. The molecule has 3 heteroatoms. The van der Waals surface area contributed by atoms with E-state index in [4.69, 9.17) is 23.2 Å². The van der Waals surface area contributed by atoms with E-state index in [-0.39, 0.29) is 12.0 Å². The molecule has 0 radical (unpaired) electrons. The molecule has 1 nitrogen and oxygen atoms in total. The molecule has 2 unspecified atom stereocenters. The monoisotopic (exact) mass is 246 g/mol. The van der Waals surface area contributed by atoms with Crippen LogP contribution in [0.4, 0.5) is 0 Å². The zero-order chi connectivity index (χ0) is 11.4. The summed E-state index contributed by atoms with van der Waals surface area (Å²) in [6, 6.07) is 5.33. The van der Waals surface area contributed by atoms with E-state index >= 15 is 0 Å². The van der Waals surface area contributed by atoms with E-state index < -0.39 is 0 Å². The molecule has 0 spiro atoms. The number of hydrogen-bond donors (Lipinski definition) is 1. The van der Waals surface area contributed by atoms with Gasteiger partial charge in [-0.3, -0.25) is 0 Å². The predicted molar refractivity (Wildman–Crippen MR) is 65.6 cm³/mol. The van der Waals surface area contributed by atoms with Crippen molar-refractivity contribution in [1.82, 2.24) is 0 Å². The van der Waals surface area contributed by atoms with Gasteiger partial charge in [0.2, 0.25) is 0 Å². The molecule has 15 heavy (non-hydrogen) atoms. The minimum Gasteiger partial charge on any atom is -0.393 e. The van der Waals surface area contributed by atoms with Gasteiger partial charge in [0.1, 0.15) is 0 Å². The van der Waals surface area contributed by atoms with Gasteiger partial charge < -0.3 is 5.11 Å². The molecule has 0 amide bonds. The van der Waals surface area contributed by atoms with Gasteiger partial charge in [0.15, 0.2) is 0 Å². The maximum atomic E-state index is 9.88. The standard InChI is InChI=1S/C12H16Cl2O/c1-3-8(2)12(15)7-9-6-10(13)4-5-11(9)14/h4-6,8,12,15H,3,7H2,1-2H3. The number of halogens is 2. The van der Waals surface area contributed by atoms with Crippen molar-refractivity contribution >= 4 is 23.2 Å². The largest absolute Gasteiger partial charge is 0.393 e. The molecule has 1 aromatic rings. The van der Waals surface area contributed by atoms with Crippen molar-refractivity contribution in [2.75, 3.05) is 0 Å². The molecule has 0 saturated carbocycles. The smallest absolute Gasteiger partial charge is 0.0606 e. The van der Waals surface area contributed by atoms with E-state index in [9.17, 15) is 5.11 Å². The van der Waals surface area contributed by atoms with Gasteiger partial charge in [0, 0.05) is 16.5 Å². The van der Waals surface area contributed by atoms with Crippen LogP contribution in [0.2, 0.25) is 10.0 Å². The summed E-state index contributed by atoms with van der Waals surface area (Å²) < 4.78 is 0. The quantitative estimate of drug-likeness (QED) is 0.854. The number of rotatable bonds is 4. The Balaban J connectivity index is 2.75. The van der Waals surface area contributed by atoms with Crippen LogP contribution in [-0.2, 0) is 6.42 Å². The number of aliphatic hydroxyl groups is 1. The molecule has 0 saturated heterocycles. The minimum atomic E-state index is -0.356. The molecule has 84 valence electrons. The van der Waals surface area contributed by atoms with Crippen LogP contribution in [0.3, 0.4) is 0 Å². The maximum absolute atomic E-state index is 9.88. The molecule has 1 aromatic carbocycles. The third-order valence-electron chi connectivity index (χ3n) is 2.74. The fourth-order valence-electron chi connectivity index (χ4n) is 1.40. The lowest BCUT2D eigenvalue weighted by molar-refractivity contribution is 0.115. The maximum Gasteiger partial charge on any atom is 0.0606 e. The second kappa shape index (κ2) is 5.74. The van der Waals surface area contributed by atoms with Gasteiger partial charge in [-0.25, -0.2) is 0 Å². The lowest BCUT2D eigenvalue weighted by Gasteiger charge is -2.17. The summed E-state index contributed by atoms with van der Waals surface area (Å²) in [5.74, 6) is 0.278. The molecule has 0 aromatic heterocycles. The molecule has 0 bridgehead atoms. The first-order valence-electron chi connectivity index (χ1n) is 5.16. The van der Waals surface area contributed by atoms with Gasteiger partial charge in [-0.1, -0.05) is 43.5 Å². The fourth-order valence-corrected chi connectivity index (χ4v) is 1.79. The highest BCUT2D eigenvalue weighted by molar-refractivity contribution is 6.33. The lowest BCUT2D eigenvalue weighted by atomic mass is 9.96. The van der Waals surface area contributed by atoms with Crippen LogP contribution in [0, 0.1) is 5.92 Å². The zero-order valence-electron chi connectivity index (χ0n) is 9.00. The summed E-state index contributed by atoms with van der Waals surface area (Å²) in [7, 11) is 0. The van der Waals surface area contributed by atoms with Crippen LogP contribution in [-0.4, -0.2) is 11.2 Å². The summed E-state index contributed by atoms with van der Waals surface area (Å²) in [6.45, 7) is 4.09. The van der Waals surface area contributed by atoms with Crippen molar-refractivity contribution in [2.24, 2.45) is 5.92 Å². The van der Waals surface area contributed by atoms with Gasteiger partial charge >= 0.3 is 0 Å². The molecule has 0 fully saturated rings. The Kier molecular flexibility index (Phi) is 4.91. The molecule has 1 rings (SSSR count). The van der Waals surface area contributed by atoms with Gasteiger partial charge in [-0.15, -0.1) is 0 Å². The molecular formula is C12H16Cl2O. The SMILES string of the molecule is CCC(C)C(O)Cc1cc(Cl)ccc1Cl. The topological polar surface area (TPSA) is 20.2 Å². The summed E-state index contributed by atoms with van der Waals surface area (Å²) in [5, 5.41) is 11.2. The van der Waals surface area contributed by atoms with Crippen molar-refractivity contribution in [2.45, 2.75) is 32.8 Å². The molecule has 0 aliphatic heterocycles. The van der Waals surface area contributed by atoms with Crippen LogP contribution < -0.4 is 0 Å². The summed E-state index contributed by atoms with van der Waals surface area (Å²) in [4.78, 5) is 0. The minimum absolute atomic E-state index is 0.278. The third-order valence-corrected chi connectivity index (χ3v) is 3.34. The molecule has 0 aliphatic rings. The van der Waals surface area contributed by atoms with Gasteiger partial charge in [0.25, 0.3) is 0 Å². The number of benzene rings is 1. The van der Waals surface area contributed by atoms with Crippen molar-refractivity contribution < 1.29 is 5.11 Å². The summed E-state index contributed by atoms with van der Waals surface area (Å²) in [5.41, 5.74) is 0.914. The molecule has 1 N–H and O–H groups in total. The van der Waals surface area contributed by atoms with Crippen LogP contribution in [0.25, 0.3) is 0 Å². The molecule has 0 heterocycles. The second-order valence-corrected chi connectivity index (χ2v) is 4.74. The van der Waals surface area contributed by atoms with Crippen molar-refractivity contribution in [3.8, 4) is 0 Å². The Hall–Kier alpha value is -0.240. The lowest BCUT2D eigenvalue weighted by Crippen LogP contribution is -2.19. The second-order valence-electron chi connectivity index (χ2n) is 3.89. The molecule has 2 atom stereocenters. The Morgan fingerprint density at radius 1 is 1.33 bits per heavy atom. The number of aliphatic hydroxyl groups excluding tert-OH is 1. The van der Waals surface area contributed by atoms with E-state index in [2.05, 4.69) is 6.92 Å². The summed E-state index contributed by atoms with van der Waals surface area (Å²) in [6.07, 6.45) is 1.17. The Morgan fingerprint density at radius 2 is 2.00 bits per heavy atom. The van der Waals surface area contributed by atoms with E-state index in [0.29, 0.717) is 16.5 Å². The first-order valence-corrected chi connectivity index (χ1v) is 5.92. The van der Waals surface area contributed by atoms with Crippen LogP contribution in [0.5, 0.6) is 0 Å². The van der Waals surface area contributed by atoms with E-state index in [1.807, 2.05) is 13.0 Å². The Bertz CT molecular complexity index is 325. The average molecular weight is 247 g/mol. The van der Waals surface area contributed by atoms with E-state index in [1.54, 1.807) is 12.1 Å². The zero-order valence-corrected chi connectivity index (χ0v) is 10.5. The van der Waals surface area contributed by atoms with Crippen molar-refractivity contribution in [3.05, 3.63) is 33.8 Å². The predicted octanol–water partition coefficient (Wildman–Crippen LogP) is 3.94. The van der Waals surface area contributed by atoms with E-state index in [1.165, 1.54) is 0 Å². The molecule has 0 aliphatic carbocycles. The Morgan fingerprint density at radius 3 is 2.60 bits per heavy atom. The van der Waals surface area contributed by atoms with Gasteiger partial charge in [-0.2, -0.15) is 0 Å².